The van der Waals surface area contributed by atoms with Gasteiger partial charge in [0.05, 0.1) is 18.3 Å². The van der Waals surface area contributed by atoms with Gasteiger partial charge in [0.2, 0.25) is 5.91 Å². The van der Waals surface area contributed by atoms with Crippen LogP contribution in [0.2, 0.25) is 0 Å². The number of rotatable bonds is 5. The lowest BCUT2D eigenvalue weighted by molar-refractivity contribution is -0.120. The van der Waals surface area contributed by atoms with E-state index in [1.807, 2.05) is 0 Å². The van der Waals surface area contributed by atoms with Crippen molar-refractivity contribution in [3.05, 3.63) is 29.8 Å². The molecule has 0 bridgehead atoms. The minimum atomic E-state index is -0.890. The predicted octanol–water partition coefficient (Wildman–Crippen LogP) is 2.19. The summed E-state index contributed by atoms with van der Waals surface area (Å²) >= 11 is 0. The van der Waals surface area contributed by atoms with Crippen LogP contribution >= 0.6 is 0 Å². The van der Waals surface area contributed by atoms with Gasteiger partial charge in [-0.15, -0.1) is 0 Å². The number of carbonyl (C=O) groups excluding carboxylic acids is 1. The van der Waals surface area contributed by atoms with Crippen LogP contribution in [0, 0.1) is 28.9 Å². The third-order valence-corrected chi connectivity index (χ3v) is 3.39. The molecule has 0 heterocycles. The average molecular weight is 279 g/mol. The summed E-state index contributed by atoms with van der Waals surface area (Å²) in [5.41, 5.74) is -0.968. The first-order chi connectivity index (χ1) is 9.44. The zero-order valence-electron chi connectivity index (χ0n) is 11.0. The molecule has 0 aromatic heterocycles. The molecular formula is C14H15F2N3O. The quantitative estimate of drug-likeness (QED) is 0.868. The van der Waals surface area contributed by atoms with Crippen molar-refractivity contribution in [3.63, 3.8) is 0 Å². The summed E-state index contributed by atoms with van der Waals surface area (Å²) < 4.78 is 26.3. The molecule has 1 unspecified atom stereocenters. The summed E-state index contributed by atoms with van der Waals surface area (Å²) in [6, 6.07) is 5.06. The van der Waals surface area contributed by atoms with Crippen LogP contribution in [0.4, 0.5) is 14.5 Å². The maximum absolute atomic E-state index is 13.3. The van der Waals surface area contributed by atoms with E-state index >= 15 is 0 Å². The van der Waals surface area contributed by atoms with E-state index in [1.54, 1.807) is 6.92 Å². The van der Waals surface area contributed by atoms with Gasteiger partial charge < -0.3 is 10.6 Å². The van der Waals surface area contributed by atoms with Crippen LogP contribution in [0.3, 0.4) is 0 Å². The number of nitrogens with zero attached hydrogens (tertiary/aromatic N) is 1. The molecule has 2 N–H and O–H groups in total. The van der Waals surface area contributed by atoms with Gasteiger partial charge in [-0.05, 0) is 43.9 Å². The highest BCUT2D eigenvalue weighted by Crippen LogP contribution is 2.39. The number of nitriles is 1. The number of amides is 1. The van der Waals surface area contributed by atoms with Gasteiger partial charge in [-0.25, -0.2) is 8.78 Å². The van der Waals surface area contributed by atoms with E-state index in [1.165, 1.54) is 0 Å². The van der Waals surface area contributed by atoms with E-state index in [0.29, 0.717) is 0 Å². The topological polar surface area (TPSA) is 64.9 Å². The summed E-state index contributed by atoms with van der Waals surface area (Å²) in [5, 5.41) is 14.3. The molecule has 106 valence electrons. The highest BCUT2D eigenvalue weighted by atomic mass is 19.1. The second kappa shape index (κ2) is 5.45. The Kier molecular flexibility index (Phi) is 3.89. The molecule has 0 saturated heterocycles. The summed E-state index contributed by atoms with van der Waals surface area (Å²) in [6.45, 7) is 1.45. The summed E-state index contributed by atoms with van der Waals surface area (Å²) in [7, 11) is 0. The SMILES string of the molecule is CC(C#N)(NC(=O)CNc1cc(F)ccc1F)C1CC1. The fourth-order valence-corrected chi connectivity index (χ4v) is 2.02. The largest absolute Gasteiger partial charge is 0.374 e. The summed E-state index contributed by atoms with van der Waals surface area (Å²) in [4.78, 5) is 11.8. The molecule has 2 rings (SSSR count). The fourth-order valence-electron chi connectivity index (χ4n) is 2.02. The molecule has 1 amide bonds. The van der Waals surface area contributed by atoms with Gasteiger partial charge in [0.25, 0.3) is 0 Å². The first-order valence-corrected chi connectivity index (χ1v) is 6.36. The first-order valence-electron chi connectivity index (χ1n) is 6.36. The zero-order chi connectivity index (χ0) is 14.8. The van der Waals surface area contributed by atoms with Crippen molar-refractivity contribution in [2.24, 2.45) is 5.92 Å². The minimum absolute atomic E-state index is 0.0785. The van der Waals surface area contributed by atoms with Gasteiger partial charge in [-0.3, -0.25) is 4.79 Å². The summed E-state index contributed by atoms with van der Waals surface area (Å²) in [6.07, 6.45) is 1.83. The molecule has 0 radical (unpaired) electrons. The van der Waals surface area contributed by atoms with E-state index in [4.69, 9.17) is 5.26 Å². The lowest BCUT2D eigenvalue weighted by atomic mass is 9.98. The maximum atomic E-state index is 13.3. The van der Waals surface area contributed by atoms with Crippen LogP contribution in [0.5, 0.6) is 0 Å². The molecule has 1 fully saturated rings. The Morgan fingerprint density at radius 3 is 2.80 bits per heavy atom. The molecule has 6 heteroatoms. The van der Waals surface area contributed by atoms with Gasteiger partial charge in [0, 0.05) is 0 Å². The Labute approximate surface area is 115 Å². The van der Waals surface area contributed by atoms with Gasteiger partial charge in [0.15, 0.2) is 0 Å². The number of hydrogen-bond acceptors (Lipinski definition) is 3. The minimum Gasteiger partial charge on any atom is -0.374 e. The van der Waals surface area contributed by atoms with Crippen LogP contribution in [0.15, 0.2) is 18.2 Å². The van der Waals surface area contributed by atoms with Crippen molar-refractivity contribution in [2.45, 2.75) is 25.3 Å². The van der Waals surface area contributed by atoms with Crippen LogP contribution in [-0.4, -0.2) is 18.0 Å². The van der Waals surface area contributed by atoms with E-state index in [0.717, 1.165) is 31.0 Å². The molecule has 0 spiro atoms. The predicted molar refractivity (Wildman–Crippen MR) is 69.7 cm³/mol. The van der Waals surface area contributed by atoms with Crippen LogP contribution < -0.4 is 10.6 Å². The molecule has 1 aromatic carbocycles. The molecule has 1 saturated carbocycles. The van der Waals surface area contributed by atoms with E-state index < -0.39 is 23.1 Å². The molecule has 4 nitrogen and oxygen atoms in total. The van der Waals surface area contributed by atoms with Crippen molar-refractivity contribution in [1.82, 2.24) is 5.32 Å². The number of anilines is 1. The van der Waals surface area contributed by atoms with Gasteiger partial charge in [-0.2, -0.15) is 5.26 Å². The Bertz CT molecular complexity index is 566. The number of nitrogens with one attached hydrogen (secondary N) is 2. The Morgan fingerprint density at radius 1 is 1.50 bits per heavy atom. The van der Waals surface area contributed by atoms with Crippen LogP contribution in [-0.2, 0) is 4.79 Å². The van der Waals surface area contributed by atoms with Crippen molar-refractivity contribution in [3.8, 4) is 6.07 Å². The molecule has 20 heavy (non-hydrogen) atoms. The Balaban J connectivity index is 1.92. The zero-order valence-corrected chi connectivity index (χ0v) is 11.0. The van der Waals surface area contributed by atoms with Crippen LogP contribution in [0.25, 0.3) is 0 Å². The fraction of sp³-hybridized carbons (Fsp3) is 0.429. The van der Waals surface area contributed by atoms with E-state index in [2.05, 4.69) is 16.7 Å². The molecule has 1 atom stereocenters. The average Bonchev–Trinajstić information content (AvgIpc) is 3.24. The van der Waals surface area contributed by atoms with Crippen molar-refractivity contribution in [2.75, 3.05) is 11.9 Å². The van der Waals surface area contributed by atoms with Gasteiger partial charge in [0.1, 0.15) is 17.2 Å². The molecule has 1 aromatic rings. The molecular weight excluding hydrogens is 264 g/mol. The molecule has 1 aliphatic carbocycles. The summed E-state index contributed by atoms with van der Waals surface area (Å²) in [5.74, 6) is -1.48. The van der Waals surface area contributed by atoms with Crippen molar-refractivity contribution in [1.29, 1.82) is 5.26 Å². The number of halogens is 2. The van der Waals surface area contributed by atoms with Gasteiger partial charge >= 0.3 is 0 Å². The van der Waals surface area contributed by atoms with Crippen molar-refractivity contribution < 1.29 is 13.6 Å². The Morgan fingerprint density at radius 2 is 2.20 bits per heavy atom. The lowest BCUT2D eigenvalue weighted by Gasteiger charge is -2.23. The third kappa shape index (κ3) is 3.23. The highest BCUT2D eigenvalue weighted by molar-refractivity contribution is 5.82. The van der Waals surface area contributed by atoms with Crippen LogP contribution in [0.1, 0.15) is 19.8 Å². The highest BCUT2D eigenvalue weighted by Gasteiger charge is 2.42. The standard InChI is InChI=1S/C14H15F2N3O/c1-14(8-17,9-2-3-9)19-13(20)7-18-12-6-10(15)4-5-11(12)16/h4-6,9,18H,2-3,7H2,1H3,(H,19,20). The van der Waals surface area contributed by atoms with Gasteiger partial charge in [-0.1, -0.05) is 0 Å². The Hall–Kier alpha value is -2.16. The molecule has 1 aliphatic rings. The monoisotopic (exact) mass is 279 g/mol. The van der Waals surface area contributed by atoms with E-state index in [9.17, 15) is 13.6 Å². The number of hydrogen-bond donors (Lipinski definition) is 2. The smallest absolute Gasteiger partial charge is 0.240 e. The third-order valence-electron chi connectivity index (χ3n) is 3.39. The number of carbonyl (C=O) groups is 1. The van der Waals surface area contributed by atoms with Crippen molar-refractivity contribution >= 4 is 11.6 Å². The number of benzene rings is 1. The van der Waals surface area contributed by atoms with E-state index in [-0.39, 0.29) is 18.2 Å². The second-order valence-electron chi connectivity index (χ2n) is 5.11. The lowest BCUT2D eigenvalue weighted by Crippen LogP contribution is -2.48. The maximum Gasteiger partial charge on any atom is 0.240 e. The normalized spacial score (nSPS) is 16.9. The first kappa shape index (κ1) is 14.3. The molecule has 0 aliphatic heterocycles. The second-order valence-corrected chi connectivity index (χ2v) is 5.11.